The SMILES string of the molecule is Cc1ccc(C(=O)N2CCCC[C@@H]2c2nncn2CC2CC2)s1. The number of likely N-dealkylation sites (tertiary alicyclic amines) is 1. The number of thiophene rings is 1. The van der Waals surface area contributed by atoms with Gasteiger partial charge < -0.3 is 9.47 Å². The van der Waals surface area contributed by atoms with Gasteiger partial charge in [0.2, 0.25) is 0 Å². The summed E-state index contributed by atoms with van der Waals surface area (Å²) in [5.41, 5.74) is 0. The van der Waals surface area contributed by atoms with Gasteiger partial charge in [0.25, 0.3) is 5.91 Å². The molecule has 122 valence electrons. The Bertz CT molecular complexity index is 703. The molecular weight excluding hydrogens is 308 g/mol. The summed E-state index contributed by atoms with van der Waals surface area (Å²) in [4.78, 5) is 17.0. The predicted octanol–water partition coefficient (Wildman–Crippen LogP) is 3.43. The molecule has 23 heavy (non-hydrogen) atoms. The van der Waals surface area contributed by atoms with Crippen molar-refractivity contribution in [3.63, 3.8) is 0 Å². The van der Waals surface area contributed by atoms with Crippen LogP contribution in [0.2, 0.25) is 0 Å². The molecule has 2 aromatic heterocycles. The van der Waals surface area contributed by atoms with Gasteiger partial charge in [-0.3, -0.25) is 4.79 Å². The number of rotatable bonds is 4. The van der Waals surface area contributed by atoms with Crippen molar-refractivity contribution in [2.45, 2.75) is 51.6 Å². The van der Waals surface area contributed by atoms with Crippen LogP contribution >= 0.6 is 11.3 Å². The number of aryl methyl sites for hydroxylation is 1. The molecule has 0 N–H and O–H groups in total. The molecule has 2 aliphatic rings. The molecule has 3 heterocycles. The van der Waals surface area contributed by atoms with E-state index in [1.54, 1.807) is 11.3 Å². The highest BCUT2D eigenvalue weighted by atomic mass is 32.1. The van der Waals surface area contributed by atoms with Gasteiger partial charge in [0.15, 0.2) is 5.82 Å². The summed E-state index contributed by atoms with van der Waals surface area (Å²) in [6, 6.07) is 4.04. The molecule has 5 nitrogen and oxygen atoms in total. The van der Waals surface area contributed by atoms with Crippen molar-refractivity contribution < 1.29 is 4.79 Å². The van der Waals surface area contributed by atoms with Crippen molar-refractivity contribution in [1.82, 2.24) is 19.7 Å². The van der Waals surface area contributed by atoms with E-state index in [0.717, 1.165) is 49.0 Å². The first kappa shape index (κ1) is 14.9. The molecule has 4 rings (SSSR count). The quantitative estimate of drug-likeness (QED) is 0.863. The summed E-state index contributed by atoms with van der Waals surface area (Å²) < 4.78 is 2.17. The first-order chi connectivity index (χ1) is 11.2. The van der Waals surface area contributed by atoms with Crippen LogP contribution in [0.5, 0.6) is 0 Å². The molecule has 0 spiro atoms. The number of piperidine rings is 1. The van der Waals surface area contributed by atoms with Crippen molar-refractivity contribution in [1.29, 1.82) is 0 Å². The molecule has 2 fully saturated rings. The highest BCUT2D eigenvalue weighted by molar-refractivity contribution is 7.13. The summed E-state index contributed by atoms with van der Waals surface area (Å²) in [6.45, 7) is 3.86. The molecule has 0 bridgehead atoms. The molecule has 1 atom stereocenters. The Kier molecular flexibility index (Phi) is 3.93. The second-order valence-corrected chi connectivity index (χ2v) is 7.99. The summed E-state index contributed by atoms with van der Waals surface area (Å²) in [5, 5.41) is 8.50. The van der Waals surface area contributed by atoms with Crippen LogP contribution in [0.25, 0.3) is 0 Å². The van der Waals surface area contributed by atoms with Gasteiger partial charge in [-0.1, -0.05) is 0 Å². The van der Waals surface area contributed by atoms with E-state index in [1.165, 1.54) is 17.7 Å². The zero-order valence-corrected chi connectivity index (χ0v) is 14.3. The van der Waals surface area contributed by atoms with E-state index in [4.69, 9.17) is 0 Å². The van der Waals surface area contributed by atoms with Crippen molar-refractivity contribution in [2.75, 3.05) is 6.54 Å². The fourth-order valence-corrected chi connectivity index (χ4v) is 4.20. The van der Waals surface area contributed by atoms with Crippen molar-refractivity contribution in [3.05, 3.63) is 34.0 Å². The predicted molar refractivity (Wildman–Crippen MR) is 89.4 cm³/mol. The number of carbonyl (C=O) groups is 1. The lowest BCUT2D eigenvalue weighted by molar-refractivity contribution is 0.0599. The van der Waals surface area contributed by atoms with Crippen LogP contribution in [0, 0.1) is 12.8 Å². The standard InChI is InChI=1S/C17H22N4OS/c1-12-5-8-15(23-12)17(22)21-9-3-2-4-14(21)16-19-18-11-20(16)10-13-6-7-13/h5,8,11,13-14H,2-4,6-7,9-10H2,1H3/t14-/m1/s1. The molecule has 1 amide bonds. The van der Waals surface area contributed by atoms with Crippen LogP contribution in [-0.2, 0) is 6.54 Å². The minimum atomic E-state index is 0.0694. The average Bonchev–Trinajstić information content (AvgIpc) is 3.07. The van der Waals surface area contributed by atoms with Gasteiger partial charge in [-0.15, -0.1) is 21.5 Å². The van der Waals surface area contributed by atoms with Gasteiger partial charge in [-0.25, -0.2) is 0 Å². The van der Waals surface area contributed by atoms with Crippen LogP contribution < -0.4 is 0 Å². The normalized spacial score (nSPS) is 21.6. The summed E-state index contributed by atoms with van der Waals surface area (Å²) >= 11 is 1.58. The number of hydrogen-bond acceptors (Lipinski definition) is 4. The van der Waals surface area contributed by atoms with E-state index < -0.39 is 0 Å². The van der Waals surface area contributed by atoms with Crippen LogP contribution in [0.15, 0.2) is 18.5 Å². The van der Waals surface area contributed by atoms with Gasteiger partial charge >= 0.3 is 0 Å². The minimum absolute atomic E-state index is 0.0694. The summed E-state index contributed by atoms with van der Waals surface area (Å²) in [7, 11) is 0. The maximum Gasteiger partial charge on any atom is 0.264 e. The fraction of sp³-hybridized carbons (Fsp3) is 0.588. The van der Waals surface area contributed by atoms with Crippen molar-refractivity contribution in [3.8, 4) is 0 Å². The first-order valence-electron chi connectivity index (χ1n) is 8.47. The molecule has 0 unspecified atom stereocenters. The first-order valence-corrected chi connectivity index (χ1v) is 9.29. The number of hydrogen-bond donors (Lipinski definition) is 0. The van der Waals surface area contributed by atoms with E-state index in [2.05, 4.69) is 14.8 Å². The molecule has 2 aromatic rings. The highest BCUT2D eigenvalue weighted by Crippen LogP contribution is 2.35. The molecule has 1 saturated heterocycles. The Morgan fingerprint density at radius 1 is 1.30 bits per heavy atom. The van der Waals surface area contributed by atoms with Gasteiger partial charge in [-0.2, -0.15) is 0 Å². The Morgan fingerprint density at radius 2 is 2.17 bits per heavy atom. The van der Waals surface area contributed by atoms with Crippen molar-refractivity contribution in [2.24, 2.45) is 5.92 Å². The smallest absolute Gasteiger partial charge is 0.264 e. The van der Waals surface area contributed by atoms with Gasteiger partial charge in [0, 0.05) is 18.0 Å². The third-order valence-electron chi connectivity index (χ3n) is 4.81. The summed E-state index contributed by atoms with van der Waals surface area (Å²) in [5.74, 6) is 1.89. The second-order valence-electron chi connectivity index (χ2n) is 6.71. The third kappa shape index (κ3) is 3.04. The van der Waals surface area contributed by atoms with E-state index in [1.807, 2.05) is 30.3 Å². The molecule has 1 aliphatic heterocycles. The van der Waals surface area contributed by atoms with E-state index in [9.17, 15) is 4.79 Å². The fourth-order valence-electron chi connectivity index (χ4n) is 3.38. The van der Waals surface area contributed by atoms with Gasteiger partial charge in [-0.05, 0) is 57.1 Å². The summed E-state index contributed by atoms with van der Waals surface area (Å²) in [6.07, 6.45) is 7.65. The van der Waals surface area contributed by atoms with E-state index in [-0.39, 0.29) is 11.9 Å². The molecule has 1 saturated carbocycles. The lowest BCUT2D eigenvalue weighted by Crippen LogP contribution is -2.39. The van der Waals surface area contributed by atoms with Gasteiger partial charge in [0.05, 0.1) is 10.9 Å². The van der Waals surface area contributed by atoms with E-state index >= 15 is 0 Å². The molecular formula is C17H22N4OS. The van der Waals surface area contributed by atoms with E-state index in [0.29, 0.717) is 0 Å². The molecule has 0 radical (unpaired) electrons. The lowest BCUT2D eigenvalue weighted by atomic mass is 10.0. The number of carbonyl (C=O) groups excluding carboxylic acids is 1. The number of nitrogens with zero attached hydrogens (tertiary/aromatic N) is 4. The van der Waals surface area contributed by atoms with Crippen LogP contribution in [0.3, 0.4) is 0 Å². The minimum Gasteiger partial charge on any atom is -0.328 e. The molecule has 6 heteroatoms. The van der Waals surface area contributed by atoms with Crippen LogP contribution in [0.1, 0.15) is 58.5 Å². The zero-order valence-electron chi connectivity index (χ0n) is 13.4. The maximum absolute atomic E-state index is 12.9. The average molecular weight is 330 g/mol. The Labute approximate surface area is 140 Å². The second kappa shape index (κ2) is 6.07. The Balaban J connectivity index is 1.60. The van der Waals surface area contributed by atoms with Crippen LogP contribution in [-0.4, -0.2) is 32.1 Å². The topological polar surface area (TPSA) is 51.0 Å². The maximum atomic E-state index is 12.9. The number of amides is 1. The third-order valence-corrected chi connectivity index (χ3v) is 5.80. The van der Waals surface area contributed by atoms with Crippen LogP contribution in [0.4, 0.5) is 0 Å². The molecule has 0 aromatic carbocycles. The Hall–Kier alpha value is -1.69. The lowest BCUT2D eigenvalue weighted by Gasteiger charge is -2.35. The van der Waals surface area contributed by atoms with Crippen molar-refractivity contribution >= 4 is 17.2 Å². The zero-order chi connectivity index (χ0) is 15.8. The monoisotopic (exact) mass is 330 g/mol. The highest BCUT2D eigenvalue weighted by Gasteiger charge is 2.33. The molecule has 1 aliphatic carbocycles. The largest absolute Gasteiger partial charge is 0.328 e. The van der Waals surface area contributed by atoms with Gasteiger partial charge in [0.1, 0.15) is 6.33 Å². The number of aromatic nitrogens is 3. The Morgan fingerprint density at radius 3 is 2.91 bits per heavy atom.